The summed E-state index contributed by atoms with van der Waals surface area (Å²) < 4.78 is 0. The minimum absolute atomic E-state index is 0.220. The van der Waals surface area contributed by atoms with Crippen LogP contribution in [0.2, 0.25) is 0 Å². The zero-order valence-corrected chi connectivity index (χ0v) is 9.14. The van der Waals surface area contributed by atoms with Gasteiger partial charge in [0, 0.05) is 17.9 Å². The van der Waals surface area contributed by atoms with Gasteiger partial charge in [-0.05, 0) is 18.1 Å². The molecule has 1 aromatic carbocycles. The van der Waals surface area contributed by atoms with Crippen LogP contribution in [0.5, 0.6) is 0 Å². The van der Waals surface area contributed by atoms with E-state index in [1.807, 2.05) is 12.1 Å². The van der Waals surface area contributed by atoms with E-state index in [9.17, 15) is 4.79 Å². The molecule has 0 radical (unpaired) electrons. The molecule has 0 aromatic heterocycles. The first kappa shape index (κ1) is 11.1. The Bertz CT molecular complexity index is 312. The second kappa shape index (κ2) is 5.70. The van der Waals surface area contributed by atoms with Crippen LogP contribution in [0, 0.1) is 6.92 Å². The quantitative estimate of drug-likeness (QED) is 0.755. The fourth-order valence-corrected chi connectivity index (χ4v) is 2.16. The van der Waals surface area contributed by atoms with Gasteiger partial charge in [0.2, 0.25) is 5.91 Å². The number of nitrogens with two attached hydrogens (primary N) is 1. The summed E-state index contributed by atoms with van der Waals surface area (Å²) in [6, 6.07) is 8.29. The number of aryl methyl sites for hydroxylation is 1. The number of benzene rings is 1. The molecule has 2 nitrogen and oxygen atoms in total. The van der Waals surface area contributed by atoms with Crippen molar-refractivity contribution in [3.8, 4) is 0 Å². The van der Waals surface area contributed by atoms with Gasteiger partial charge in [-0.3, -0.25) is 4.79 Å². The molecule has 0 aliphatic carbocycles. The van der Waals surface area contributed by atoms with Gasteiger partial charge >= 0.3 is 0 Å². The standard InChI is InChI=1S/C11H15NOS/c1-9-4-2-3-5-10(9)8-14-7-6-11(12)13/h2-5H,6-8H2,1H3,(H2,12,13). The Kier molecular flexibility index (Phi) is 4.53. The summed E-state index contributed by atoms with van der Waals surface area (Å²) >= 11 is 1.75. The van der Waals surface area contributed by atoms with Gasteiger partial charge in [-0.15, -0.1) is 0 Å². The fraction of sp³-hybridized carbons (Fsp3) is 0.364. The van der Waals surface area contributed by atoms with Crippen LogP contribution in [0.4, 0.5) is 0 Å². The van der Waals surface area contributed by atoms with E-state index in [1.165, 1.54) is 11.1 Å². The maximum absolute atomic E-state index is 10.5. The molecule has 2 N–H and O–H groups in total. The molecule has 1 rings (SSSR count). The SMILES string of the molecule is Cc1ccccc1CSCCC(N)=O. The third kappa shape index (κ3) is 3.83. The number of amides is 1. The molecule has 0 bridgehead atoms. The average Bonchev–Trinajstić information content (AvgIpc) is 2.15. The monoisotopic (exact) mass is 209 g/mol. The molecule has 1 aromatic rings. The Labute approximate surface area is 88.9 Å². The lowest BCUT2D eigenvalue weighted by molar-refractivity contribution is -0.117. The molecule has 1 amide bonds. The van der Waals surface area contributed by atoms with Crippen molar-refractivity contribution in [2.24, 2.45) is 5.73 Å². The van der Waals surface area contributed by atoms with E-state index in [1.54, 1.807) is 11.8 Å². The number of thioether (sulfide) groups is 1. The number of hydrogen-bond donors (Lipinski definition) is 1. The molecule has 3 heteroatoms. The summed E-state index contributed by atoms with van der Waals surface area (Å²) in [5, 5.41) is 0. The lowest BCUT2D eigenvalue weighted by Crippen LogP contribution is -2.10. The highest BCUT2D eigenvalue weighted by Gasteiger charge is 1.98. The Balaban J connectivity index is 2.31. The van der Waals surface area contributed by atoms with Crippen molar-refractivity contribution >= 4 is 17.7 Å². The number of rotatable bonds is 5. The summed E-state index contributed by atoms with van der Waals surface area (Å²) in [5.74, 6) is 1.55. The van der Waals surface area contributed by atoms with Crippen molar-refractivity contribution in [1.29, 1.82) is 0 Å². The minimum Gasteiger partial charge on any atom is -0.370 e. The molecule has 14 heavy (non-hydrogen) atoms. The molecule has 76 valence electrons. The number of hydrogen-bond acceptors (Lipinski definition) is 2. The smallest absolute Gasteiger partial charge is 0.218 e. The summed E-state index contributed by atoms with van der Waals surface area (Å²) in [6.07, 6.45) is 0.469. The first-order chi connectivity index (χ1) is 6.70. The summed E-state index contributed by atoms with van der Waals surface area (Å²) in [7, 11) is 0. The predicted octanol–water partition coefficient (Wildman–Crippen LogP) is 2.10. The molecule has 0 saturated carbocycles. The van der Waals surface area contributed by atoms with Gasteiger partial charge in [-0.2, -0.15) is 11.8 Å². The molecular weight excluding hydrogens is 194 g/mol. The molecule has 0 unspecified atom stereocenters. The number of primary amides is 1. The van der Waals surface area contributed by atoms with Crippen molar-refractivity contribution in [2.75, 3.05) is 5.75 Å². The highest BCUT2D eigenvalue weighted by molar-refractivity contribution is 7.98. The summed E-state index contributed by atoms with van der Waals surface area (Å²) in [4.78, 5) is 10.5. The van der Waals surface area contributed by atoms with Crippen molar-refractivity contribution in [1.82, 2.24) is 0 Å². The van der Waals surface area contributed by atoms with Gasteiger partial charge in [0.1, 0.15) is 0 Å². The normalized spacial score (nSPS) is 10.1. The van der Waals surface area contributed by atoms with Crippen LogP contribution in [0.15, 0.2) is 24.3 Å². The van der Waals surface area contributed by atoms with E-state index in [0.717, 1.165) is 11.5 Å². The lowest BCUT2D eigenvalue weighted by Gasteiger charge is -2.03. The Morgan fingerprint density at radius 3 is 2.79 bits per heavy atom. The van der Waals surface area contributed by atoms with Gasteiger partial charge in [0.05, 0.1) is 0 Å². The zero-order chi connectivity index (χ0) is 10.4. The summed E-state index contributed by atoms with van der Waals surface area (Å²) in [5.41, 5.74) is 7.69. The second-order valence-corrected chi connectivity index (χ2v) is 4.30. The van der Waals surface area contributed by atoms with Crippen molar-refractivity contribution in [3.63, 3.8) is 0 Å². The van der Waals surface area contributed by atoms with Crippen molar-refractivity contribution in [2.45, 2.75) is 19.1 Å². The van der Waals surface area contributed by atoms with E-state index in [-0.39, 0.29) is 5.91 Å². The predicted molar refractivity (Wildman–Crippen MR) is 61.2 cm³/mol. The van der Waals surface area contributed by atoms with Gasteiger partial charge in [0.15, 0.2) is 0 Å². The fourth-order valence-electron chi connectivity index (χ4n) is 1.13. The number of carbonyl (C=O) groups excluding carboxylic acids is 1. The van der Waals surface area contributed by atoms with Crippen LogP contribution < -0.4 is 5.73 Å². The average molecular weight is 209 g/mol. The summed E-state index contributed by atoms with van der Waals surface area (Å²) in [6.45, 7) is 2.10. The van der Waals surface area contributed by atoms with Crippen LogP contribution in [-0.2, 0) is 10.5 Å². The molecule has 0 saturated heterocycles. The van der Waals surface area contributed by atoms with Crippen LogP contribution in [0.1, 0.15) is 17.5 Å². The van der Waals surface area contributed by atoms with Crippen LogP contribution in [-0.4, -0.2) is 11.7 Å². The molecule has 0 spiro atoms. The highest BCUT2D eigenvalue weighted by Crippen LogP contribution is 2.16. The van der Waals surface area contributed by atoms with E-state index in [2.05, 4.69) is 19.1 Å². The third-order valence-electron chi connectivity index (χ3n) is 2.01. The molecule has 0 atom stereocenters. The topological polar surface area (TPSA) is 43.1 Å². The first-order valence-corrected chi connectivity index (χ1v) is 5.76. The van der Waals surface area contributed by atoms with E-state index >= 15 is 0 Å². The lowest BCUT2D eigenvalue weighted by atomic mass is 10.1. The molecule has 0 aliphatic heterocycles. The molecule has 0 fully saturated rings. The van der Waals surface area contributed by atoms with Crippen molar-refractivity contribution in [3.05, 3.63) is 35.4 Å². The first-order valence-electron chi connectivity index (χ1n) is 4.60. The number of carbonyl (C=O) groups is 1. The van der Waals surface area contributed by atoms with Crippen LogP contribution in [0.3, 0.4) is 0 Å². The van der Waals surface area contributed by atoms with Gasteiger partial charge < -0.3 is 5.73 Å². The highest BCUT2D eigenvalue weighted by atomic mass is 32.2. The molecular formula is C11H15NOS. The molecule has 0 heterocycles. The minimum atomic E-state index is -0.220. The third-order valence-corrected chi connectivity index (χ3v) is 3.02. The Hall–Kier alpha value is -0.960. The van der Waals surface area contributed by atoms with Crippen molar-refractivity contribution < 1.29 is 4.79 Å². The Morgan fingerprint density at radius 2 is 2.14 bits per heavy atom. The van der Waals surface area contributed by atoms with Gasteiger partial charge in [-0.1, -0.05) is 24.3 Å². The van der Waals surface area contributed by atoms with E-state index in [4.69, 9.17) is 5.73 Å². The largest absolute Gasteiger partial charge is 0.370 e. The maximum Gasteiger partial charge on any atom is 0.218 e. The van der Waals surface area contributed by atoms with E-state index in [0.29, 0.717) is 6.42 Å². The van der Waals surface area contributed by atoms with Crippen LogP contribution in [0.25, 0.3) is 0 Å². The zero-order valence-electron chi connectivity index (χ0n) is 8.32. The maximum atomic E-state index is 10.5. The van der Waals surface area contributed by atoms with Gasteiger partial charge in [0.25, 0.3) is 0 Å². The second-order valence-electron chi connectivity index (χ2n) is 3.20. The van der Waals surface area contributed by atoms with E-state index < -0.39 is 0 Å². The van der Waals surface area contributed by atoms with Gasteiger partial charge in [-0.25, -0.2) is 0 Å². The van der Waals surface area contributed by atoms with Crippen LogP contribution >= 0.6 is 11.8 Å². The molecule has 0 aliphatic rings. The Morgan fingerprint density at radius 1 is 1.43 bits per heavy atom.